The number of fused-ring (bicyclic) bond motifs is 1. The molecule has 5 atom stereocenters. The summed E-state index contributed by atoms with van der Waals surface area (Å²) in [4.78, 5) is 25.0. The van der Waals surface area contributed by atoms with Crippen LogP contribution < -0.4 is 4.74 Å². The molecule has 1 aromatic rings. The summed E-state index contributed by atoms with van der Waals surface area (Å²) in [5, 5.41) is 11.9. The normalized spacial score (nSPS) is 32.4. The standard InChI is InChI=1S/C26H36O6/c1-16(2)26(29)15-22(31-18(4)27)25(5)14-13-17(3)7-12-21(23(25)26)32-24(28)19-8-10-20(30-6)11-9-19/h8-11,13,16,21-23,29H,7,12,14-15H2,1-6H3. The van der Waals surface area contributed by atoms with Gasteiger partial charge in [0.15, 0.2) is 0 Å². The molecule has 1 fully saturated rings. The van der Waals surface area contributed by atoms with Crippen molar-refractivity contribution in [3.05, 3.63) is 41.5 Å². The molecule has 2 aliphatic rings. The van der Waals surface area contributed by atoms with Crippen LogP contribution in [0.4, 0.5) is 0 Å². The first-order valence-corrected chi connectivity index (χ1v) is 11.4. The number of allylic oxidation sites excluding steroid dienone is 2. The van der Waals surface area contributed by atoms with E-state index in [0.717, 1.165) is 6.42 Å². The van der Waals surface area contributed by atoms with E-state index >= 15 is 0 Å². The first kappa shape index (κ1) is 24.3. The van der Waals surface area contributed by atoms with E-state index in [1.165, 1.54) is 12.5 Å². The van der Waals surface area contributed by atoms with E-state index in [4.69, 9.17) is 14.2 Å². The molecule has 6 heteroatoms. The second-order valence-corrected chi connectivity index (χ2v) is 9.90. The Morgan fingerprint density at radius 2 is 1.81 bits per heavy atom. The molecule has 1 N–H and O–H groups in total. The number of esters is 2. The number of carbonyl (C=O) groups excluding carboxylic acids is 2. The van der Waals surface area contributed by atoms with E-state index < -0.39 is 29.2 Å². The van der Waals surface area contributed by atoms with Crippen molar-refractivity contribution in [2.75, 3.05) is 7.11 Å². The number of benzene rings is 1. The topological polar surface area (TPSA) is 82.1 Å². The minimum Gasteiger partial charge on any atom is -0.497 e. The first-order valence-electron chi connectivity index (χ1n) is 11.4. The van der Waals surface area contributed by atoms with Gasteiger partial charge in [0.2, 0.25) is 0 Å². The lowest BCUT2D eigenvalue weighted by Gasteiger charge is -2.45. The number of hydrogen-bond donors (Lipinski definition) is 1. The van der Waals surface area contributed by atoms with Gasteiger partial charge in [0, 0.05) is 24.7 Å². The van der Waals surface area contributed by atoms with Crippen molar-refractivity contribution in [1.29, 1.82) is 0 Å². The summed E-state index contributed by atoms with van der Waals surface area (Å²) in [7, 11) is 1.57. The summed E-state index contributed by atoms with van der Waals surface area (Å²) < 4.78 is 17.0. The Kier molecular flexibility index (Phi) is 7.03. The maximum atomic E-state index is 13.1. The van der Waals surface area contributed by atoms with Crippen molar-refractivity contribution in [2.45, 2.75) is 78.1 Å². The Balaban J connectivity index is 2.00. The molecule has 1 aromatic carbocycles. The van der Waals surface area contributed by atoms with Crippen molar-refractivity contribution in [1.82, 2.24) is 0 Å². The summed E-state index contributed by atoms with van der Waals surface area (Å²) in [5.41, 5.74) is -0.0445. The summed E-state index contributed by atoms with van der Waals surface area (Å²) in [5.74, 6) is -0.596. The number of hydrogen-bond acceptors (Lipinski definition) is 6. The lowest BCUT2D eigenvalue weighted by molar-refractivity contribution is -0.154. The van der Waals surface area contributed by atoms with Crippen molar-refractivity contribution in [3.8, 4) is 5.75 Å². The highest BCUT2D eigenvalue weighted by molar-refractivity contribution is 5.89. The summed E-state index contributed by atoms with van der Waals surface area (Å²) in [6.07, 6.45) is 3.57. The molecule has 5 unspecified atom stereocenters. The average Bonchev–Trinajstić information content (AvgIpc) is 2.95. The van der Waals surface area contributed by atoms with Gasteiger partial charge < -0.3 is 19.3 Å². The number of methoxy groups -OCH3 is 1. The predicted molar refractivity (Wildman–Crippen MR) is 121 cm³/mol. The highest BCUT2D eigenvalue weighted by atomic mass is 16.6. The smallest absolute Gasteiger partial charge is 0.338 e. The van der Waals surface area contributed by atoms with E-state index in [9.17, 15) is 14.7 Å². The molecule has 0 heterocycles. The van der Waals surface area contributed by atoms with Crippen molar-refractivity contribution in [3.63, 3.8) is 0 Å². The van der Waals surface area contributed by atoms with Gasteiger partial charge in [0.25, 0.3) is 0 Å². The molecule has 176 valence electrons. The molecule has 1 saturated carbocycles. The van der Waals surface area contributed by atoms with Gasteiger partial charge in [-0.25, -0.2) is 4.79 Å². The molecule has 0 bridgehead atoms. The van der Waals surface area contributed by atoms with Crippen LogP contribution in [0.1, 0.15) is 70.7 Å². The van der Waals surface area contributed by atoms with Crippen molar-refractivity contribution >= 4 is 11.9 Å². The summed E-state index contributed by atoms with van der Waals surface area (Å²) in [6.45, 7) is 9.46. The lowest BCUT2D eigenvalue weighted by Crippen LogP contribution is -2.51. The van der Waals surface area contributed by atoms with Crippen LogP contribution in [0.25, 0.3) is 0 Å². The molecular weight excluding hydrogens is 408 g/mol. The van der Waals surface area contributed by atoms with Gasteiger partial charge in [-0.15, -0.1) is 0 Å². The van der Waals surface area contributed by atoms with Gasteiger partial charge in [-0.05, 0) is 56.4 Å². The SMILES string of the molecule is COc1ccc(C(=O)OC2CCC(C)=CCC3(C)C(OC(C)=O)CC(O)(C(C)C)C23)cc1. The fourth-order valence-corrected chi connectivity index (χ4v) is 5.50. The molecule has 0 radical (unpaired) electrons. The molecule has 3 rings (SSSR count). The monoisotopic (exact) mass is 444 g/mol. The van der Waals surface area contributed by atoms with Gasteiger partial charge in [0.05, 0.1) is 18.3 Å². The molecule has 0 aliphatic heterocycles. The van der Waals surface area contributed by atoms with E-state index in [-0.39, 0.29) is 17.8 Å². The van der Waals surface area contributed by atoms with Crippen LogP contribution in [0, 0.1) is 17.3 Å². The van der Waals surface area contributed by atoms with Crippen molar-refractivity contribution < 1.29 is 28.9 Å². The Morgan fingerprint density at radius 1 is 1.16 bits per heavy atom. The Morgan fingerprint density at radius 3 is 2.38 bits per heavy atom. The van der Waals surface area contributed by atoms with Crippen LogP contribution in [-0.4, -0.2) is 42.0 Å². The molecule has 0 spiro atoms. The lowest BCUT2D eigenvalue weighted by atomic mass is 9.65. The van der Waals surface area contributed by atoms with Gasteiger partial charge in [0.1, 0.15) is 18.0 Å². The fourth-order valence-electron chi connectivity index (χ4n) is 5.50. The van der Waals surface area contributed by atoms with Gasteiger partial charge in [-0.3, -0.25) is 4.79 Å². The van der Waals surface area contributed by atoms with E-state index in [0.29, 0.717) is 30.6 Å². The second kappa shape index (κ2) is 9.26. The quantitative estimate of drug-likeness (QED) is 0.524. The molecule has 32 heavy (non-hydrogen) atoms. The zero-order chi connectivity index (χ0) is 23.7. The minimum absolute atomic E-state index is 0.0981. The number of carbonyl (C=O) groups is 2. The third-order valence-electron chi connectivity index (χ3n) is 7.47. The molecule has 2 aliphatic carbocycles. The van der Waals surface area contributed by atoms with Crippen LogP contribution in [0.5, 0.6) is 5.75 Å². The molecule has 0 aromatic heterocycles. The second-order valence-electron chi connectivity index (χ2n) is 9.90. The number of ether oxygens (including phenoxy) is 3. The zero-order valence-electron chi connectivity index (χ0n) is 20.0. The molecular formula is C26H36O6. The van der Waals surface area contributed by atoms with Crippen molar-refractivity contribution in [2.24, 2.45) is 17.3 Å². The third-order valence-corrected chi connectivity index (χ3v) is 7.47. The summed E-state index contributed by atoms with van der Waals surface area (Å²) in [6, 6.07) is 6.81. The maximum Gasteiger partial charge on any atom is 0.338 e. The number of rotatable bonds is 5. The third kappa shape index (κ3) is 4.56. The largest absolute Gasteiger partial charge is 0.497 e. The molecule has 0 amide bonds. The van der Waals surface area contributed by atoms with E-state index in [1.54, 1.807) is 31.4 Å². The van der Waals surface area contributed by atoms with Gasteiger partial charge in [-0.1, -0.05) is 32.4 Å². The Bertz CT molecular complexity index is 873. The summed E-state index contributed by atoms with van der Waals surface area (Å²) >= 11 is 0. The Hall–Kier alpha value is -2.34. The fraction of sp³-hybridized carbons (Fsp3) is 0.615. The molecule has 0 saturated heterocycles. The Labute approximate surface area is 190 Å². The van der Waals surface area contributed by atoms with Crippen LogP contribution in [0.2, 0.25) is 0 Å². The van der Waals surface area contributed by atoms with Crippen LogP contribution >= 0.6 is 0 Å². The van der Waals surface area contributed by atoms with Gasteiger partial charge in [-0.2, -0.15) is 0 Å². The van der Waals surface area contributed by atoms with Crippen LogP contribution in [0.3, 0.4) is 0 Å². The zero-order valence-corrected chi connectivity index (χ0v) is 20.0. The van der Waals surface area contributed by atoms with Crippen LogP contribution in [0.15, 0.2) is 35.9 Å². The maximum absolute atomic E-state index is 13.1. The van der Waals surface area contributed by atoms with E-state index in [2.05, 4.69) is 19.9 Å². The predicted octanol–water partition coefficient (Wildman–Crippen LogP) is 4.70. The highest BCUT2D eigenvalue weighted by Gasteiger charge is 2.64. The molecule has 6 nitrogen and oxygen atoms in total. The average molecular weight is 445 g/mol. The van der Waals surface area contributed by atoms with E-state index in [1.807, 2.05) is 13.8 Å². The number of aliphatic hydroxyl groups is 1. The first-order chi connectivity index (χ1) is 15.0. The van der Waals surface area contributed by atoms with Crippen LogP contribution in [-0.2, 0) is 14.3 Å². The van der Waals surface area contributed by atoms with Gasteiger partial charge >= 0.3 is 11.9 Å². The highest BCUT2D eigenvalue weighted by Crippen LogP contribution is 2.58. The minimum atomic E-state index is -1.13.